The van der Waals surface area contributed by atoms with E-state index in [4.69, 9.17) is 0 Å². The van der Waals surface area contributed by atoms with Gasteiger partial charge in [-0.15, -0.1) is 0 Å². The highest BCUT2D eigenvalue weighted by molar-refractivity contribution is 7.87. The fraction of sp³-hybridized carbons (Fsp3) is 0.538. The average molecular weight is 301 g/mol. The molecule has 0 unspecified atom stereocenters. The lowest BCUT2D eigenvalue weighted by atomic mass is 10.1. The summed E-state index contributed by atoms with van der Waals surface area (Å²) in [6.07, 6.45) is 0.553. The SMILES string of the molecule is Cc1cc(F)ccc1CCNS(=O)(=O)N1CCNCC1. The maximum Gasteiger partial charge on any atom is 0.279 e. The van der Waals surface area contributed by atoms with Crippen molar-refractivity contribution in [1.29, 1.82) is 0 Å². The monoisotopic (exact) mass is 301 g/mol. The van der Waals surface area contributed by atoms with Crippen LogP contribution in [0, 0.1) is 12.7 Å². The van der Waals surface area contributed by atoms with E-state index in [2.05, 4.69) is 10.0 Å². The molecule has 0 saturated carbocycles. The zero-order chi connectivity index (χ0) is 14.6. The van der Waals surface area contributed by atoms with Crippen LogP contribution < -0.4 is 10.0 Å². The maximum atomic E-state index is 13.0. The first-order valence-electron chi connectivity index (χ1n) is 6.69. The summed E-state index contributed by atoms with van der Waals surface area (Å²) >= 11 is 0. The Morgan fingerprint density at radius 2 is 2.05 bits per heavy atom. The Balaban J connectivity index is 1.88. The molecular formula is C13H20FN3O2S. The first-order valence-corrected chi connectivity index (χ1v) is 8.13. The number of aryl methyl sites for hydroxylation is 1. The van der Waals surface area contributed by atoms with Gasteiger partial charge in [0.1, 0.15) is 5.82 Å². The minimum atomic E-state index is -3.41. The van der Waals surface area contributed by atoms with Gasteiger partial charge in [0.25, 0.3) is 10.2 Å². The highest BCUT2D eigenvalue weighted by Gasteiger charge is 2.22. The van der Waals surface area contributed by atoms with Gasteiger partial charge in [0, 0.05) is 32.7 Å². The van der Waals surface area contributed by atoms with Gasteiger partial charge in [0.15, 0.2) is 0 Å². The number of nitrogens with one attached hydrogen (secondary N) is 2. The molecule has 112 valence electrons. The molecule has 1 fully saturated rings. The van der Waals surface area contributed by atoms with Gasteiger partial charge in [0.05, 0.1) is 0 Å². The van der Waals surface area contributed by atoms with Crippen LogP contribution in [0.3, 0.4) is 0 Å². The van der Waals surface area contributed by atoms with Crippen LogP contribution in [-0.2, 0) is 16.6 Å². The predicted octanol–water partition coefficient (Wildman–Crippen LogP) is 0.416. The van der Waals surface area contributed by atoms with Crippen molar-refractivity contribution in [2.24, 2.45) is 0 Å². The highest BCUT2D eigenvalue weighted by atomic mass is 32.2. The topological polar surface area (TPSA) is 61.4 Å². The van der Waals surface area contributed by atoms with Crippen molar-refractivity contribution in [2.75, 3.05) is 32.7 Å². The summed E-state index contributed by atoms with van der Waals surface area (Å²) in [4.78, 5) is 0. The third kappa shape index (κ3) is 3.99. The summed E-state index contributed by atoms with van der Waals surface area (Å²) in [5.41, 5.74) is 1.79. The van der Waals surface area contributed by atoms with E-state index in [9.17, 15) is 12.8 Å². The molecule has 0 aliphatic carbocycles. The summed E-state index contributed by atoms with van der Waals surface area (Å²) in [7, 11) is -3.41. The van der Waals surface area contributed by atoms with Gasteiger partial charge in [0.2, 0.25) is 0 Å². The number of hydrogen-bond donors (Lipinski definition) is 2. The molecule has 1 aromatic rings. The summed E-state index contributed by atoms with van der Waals surface area (Å²) in [5.74, 6) is -0.271. The van der Waals surface area contributed by atoms with Crippen LogP contribution in [0.1, 0.15) is 11.1 Å². The molecular weight excluding hydrogens is 281 g/mol. The molecule has 0 aromatic heterocycles. The van der Waals surface area contributed by atoms with E-state index in [0.717, 1.165) is 11.1 Å². The van der Waals surface area contributed by atoms with Gasteiger partial charge in [-0.25, -0.2) is 9.11 Å². The van der Waals surface area contributed by atoms with Crippen molar-refractivity contribution in [3.8, 4) is 0 Å². The molecule has 5 nitrogen and oxygen atoms in total. The van der Waals surface area contributed by atoms with Crippen LogP contribution in [0.25, 0.3) is 0 Å². The lowest BCUT2D eigenvalue weighted by Gasteiger charge is -2.26. The second-order valence-corrected chi connectivity index (χ2v) is 6.62. The Morgan fingerprint density at radius 1 is 1.35 bits per heavy atom. The van der Waals surface area contributed by atoms with Crippen LogP contribution in [0.5, 0.6) is 0 Å². The second kappa shape index (κ2) is 6.62. The van der Waals surface area contributed by atoms with Crippen molar-refractivity contribution in [1.82, 2.24) is 14.3 Å². The Labute approximate surface area is 119 Å². The van der Waals surface area contributed by atoms with Gasteiger partial charge in [-0.2, -0.15) is 12.7 Å². The molecule has 20 heavy (non-hydrogen) atoms. The minimum Gasteiger partial charge on any atom is -0.314 e. The van der Waals surface area contributed by atoms with Gasteiger partial charge in [-0.1, -0.05) is 6.07 Å². The van der Waals surface area contributed by atoms with Gasteiger partial charge in [-0.3, -0.25) is 0 Å². The first kappa shape index (κ1) is 15.4. The third-order valence-corrected chi connectivity index (χ3v) is 5.01. The third-order valence-electron chi connectivity index (χ3n) is 3.40. The Hall–Kier alpha value is -1.02. The lowest BCUT2D eigenvalue weighted by Crippen LogP contribution is -2.50. The van der Waals surface area contributed by atoms with Gasteiger partial charge >= 0.3 is 0 Å². The molecule has 1 aliphatic rings. The van der Waals surface area contributed by atoms with Crippen LogP contribution in [0.2, 0.25) is 0 Å². The van der Waals surface area contributed by atoms with E-state index in [0.29, 0.717) is 39.1 Å². The molecule has 0 bridgehead atoms. The average Bonchev–Trinajstić information content (AvgIpc) is 2.42. The fourth-order valence-electron chi connectivity index (χ4n) is 2.23. The standard InChI is InChI=1S/C13H20FN3O2S/c1-11-10-13(14)3-2-12(11)4-5-16-20(18,19)17-8-6-15-7-9-17/h2-3,10,15-16H,4-9H2,1H3. The molecule has 0 atom stereocenters. The first-order chi connectivity index (χ1) is 9.49. The second-order valence-electron chi connectivity index (χ2n) is 4.87. The van der Waals surface area contributed by atoms with E-state index < -0.39 is 10.2 Å². The van der Waals surface area contributed by atoms with Crippen molar-refractivity contribution in [3.05, 3.63) is 35.1 Å². The van der Waals surface area contributed by atoms with E-state index in [1.807, 2.05) is 6.92 Å². The molecule has 1 aliphatic heterocycles. The Kier molecular flexibility index (Phi) is 5.09. The molecule has 1 heterocycles. The summed E-state index contributed by atoms with van der Waals surface area (Å²) < 4.78 is 41.1. The van der Waals surface area contributed by atoms with E-state index in [1.54, 1.807) is 6.07 Å². The van der Waals surface area contributed by atoms with Crippen molar-refractivity contribution in [2.45, 2.75) is 13.3 Å². The summed E-state index contributed by atoms with van der Waals surface area (Å²) in [5, 5.41) is 3.11. The molecule has 0 amide bonds. The smallest absolute Gasteiger partial charge is 0.279 e. The number of rotatable bonds is 5. The maximum absolute atomic E-state index is 13.0. The molecule has 1 aromatic carbocycles. The Morgan fingerprint density at radius 3 is 2.70 bits per heavy atom. The molecule has 1 saturated heterocycles. The lowest BCUT2D eigenvalue weighted by molar-refractivity contribution is 0.355. The van der Waals surface area contributed by atoms with Crippen LogP contribution >= 0.6 is 0 Å². The van der Waals surface area contributed by atoms with Crippen molar-refractivity contribution >= 4 is 10.2 Å². The zero-order valence-electron chi connectivity index (χ0n) is 11.5. The van der Waals surface area contributed by atoms with Crippen LogP contribution in [0.15, 0.2) is 18.2 Å². The number of hydrogen-bond acceptors (Lipinski definition) is 3. The molecule has 2 N–H and O–H groups in total. The number of benzene rings is 1. The van der Waals surface area contributed by atoms with Crippen LogP contribution in [0.4, 0.5) is 4.39 Å². The number of nitrogens with zero attached hydrogens (tertiary/aromatic N) is 1. The van der Waals surface area contributed by atoms with E-state index >= 15 is 0 Å². The predicted molar refractivity (Wildman–Crippen MR) is 76.2 cm³/mol. The molecule has 0 radical (unpaired) electrons. The van der Waals surface area contributed by atoms with Gasteiger partial charge < -0.3 is 5.32 Å². The normalized spacial score (nSPS) is 17.3. The number of halogens is 1. The minimum absolute atomic E-state index is 0.271. The number of piperazine rings is 1. The fourth-order valence-corrected chi connectivity index (χ4v) is 3.44. The van der Waals surface area contributed by atoms with Crippen molar-refractivity contribution in [3.63, 3.8) is 0 Å². The molecule has 0 spiro atoms. The molecule has 2 rings (SSSR count). The van der Waals surface area contributed by atoms with Gasteiger partial charge in [-0.05, 0) is 36.6 Å². The zero-order valence-corrected chi connectivity index (χ0v) is 12.3. The largest absolute Gasteiger partial charge is 0.314 e. The molecule has 7 heteroatoms. The Bertz CT molecular complexity index is 557. The van der Waals surface area contributed by atoms with Crippen molar-refractivity contribution < 1.29 is 12.8 Å². The van der Waals surface area contributed by atoms with E-state index in [-0.39, 0.29) is 5.82 Å². The summed E-state index contributed by atoms with van der Waals surface area (Å²) in [6.45, 7) is 4.48. The highest BCUT2D eigenvalue weighted by Crippen LogP contribution is 2.10. The summed E-state index contributed by atoms with van der Waals surface area (Å²) in [6, 6.07) is 4.55. The van der Waals surface area contributed by atoms with Crippen LogP contribution in [-0.4, -0.2) is 45.4 Å². The van der Waals surface area contributed by atoms with E-state index in [1.165, 1.54) is 16.4 Å². The quantitative estimate of drug-likeness (QED) is 0.828.